The Bertz CT molecular complexity index is 866. The highest BCUT2D eigenvalue weighted by molar-refractivity contribution is 6.33. The Kier molecular flexibility index (Phi) is 2.69. The van der Waals surface area contributed by atoms with Crippen molar-refractivity contribution in [2.75, 3.05) is 5.73 Å². The molecule has 0 atom stereocenters. The molecule has 4 rings (SSSR count). The van der Waals surface area contributed by atoms with Crippen LogP contribution in [0.25, 0.3) is 16.8 Å². The van der Waals surface area contributed by atoms with Gasteiger partial charge in [0.25, 0.3) is 0 Å². The summed E-state index contributed by atoms with van der Waals surface area (Å²) in [6.07, 6.45) is 3.09. The van der Waals surface area contributed by atoms with Crippen molar-refractivity contribution in [3.8, 4) is 11.1 Å². The van der Waals surface area contributed by atoms with Gasteiger partial charge in [-0.05, 0) is 32.3 Å². The van der Waals surface area contributed by atoms with Crippen LogP contribution in [0.15, 0.2) is 24.3 Å². The lowest BCUT2D eigenvalue weighted by Gasteiger charge is -2.07. The monoisotopic (exact) mass is 298 g/mol. The Hall–Kier alpha value is -2.07. The number of aryl methyl sites for hydroxylation is 2. The zero-order valence-corrected chi connectivity index (χ0v) is 12.5. The number of benzene rings is 1. The molecular weight excluding hydrogens is 284 g/mol. The van der Waals surface area contributed by atoms with Crippen LogP contribution in [0.2, 0.25) is 5.02 Å². The van der Waals surface area contributed by atoms with E-state index in [9.17, 15) is 0 Å². The molecule has 1 aliphatic carbocycles. The molecule has 21 heavy (non-hydrogen) atoms. The van der Waals surface area contributed by atoms with Gasteiger partial charge in [-0.3, -0.25) is 0 Å². The van der Waals surface area contributed by atoms with Crippen LogP contribution in [-0.2, 0) is 12.8 Å². The van der Waals surface area contributed by atoms with Gasteiger partial charge in [-0.25, -0.2) is 4.98 Å². The van der Waals surface area contributed by atoms with E-state index in [0.29, 0.717) is 10.8 Å². The highest BCUT2D eigenvalue weighted by Gasteiger charge is 2.23. The maximum Gasteiger partial charge on any atom is 0.165 e. The normalized spacial score (nSPS) is 13.8. The van der Waals surface area contributed by atoms with Crippen molar-refractivity contribution < 1.29 is 0 Å². The Morgan fingerprint density at radius 3 is 2.86 bits per heavy atom. The summed E-state index contributed by atoms with van der Waals surface area (Å²) in [6, 6.07) is 7.78. The van der Waals surface area contributed by atoms with E-state index in [-0.39, 0.29) is 0 Å². The lowest BCUT2D eigenvalue weighted by molar-refractivity contribution is 0.901. The number of fused-ring (bicyclic) bond motifs is 2. The van der Waals surface area contributed by atoms with Crippen LogP contribution in [0.5, 0.6) is 0 Å². The van der Waals surface area contributed by atoms with E-state index in [2.05, 4.69) is 5.10 Å². The summed E-state index contributed by atoms with van der Waals surface area (Å²) < 4.78 is 1.76. The lowest BCUT2D eigenvalue weighted by Crippen LogP contribution is -2.06. The van der Waals surface area contributed by atoms with E-state index in [1.165, 1.54) is 0 Å². The molecule has 106 valence electrons. The summed E-state index contributed by atoms with van der Waals surface area (Å²) in [4.78, 5) is 4.82. The number of hydrogen-bond acceptors (Lipinski definition) is 3. The van der Waals surface area contributed by atoms with Gasteiger partial charge >= 0.3 is 0 Å². The van der Waals surface area contributed by atoms with E-state index < -0.39 is 0 Å². The molecule has 1 aromatic carbocycles. The molecule has 0 unspecified atom stereocenters. The summed E-state index contributed by atoms with van der Waals surface area (Å²) in [7, 11) is 0. The first-order valence-electron chi connectivity index (χ1n) is 7.08. The van der Waals surface area contributed by atoms with Crippen molar-refractivity contribution in [3.63, 3.8) is 0 Å². The summed E-state index contributed by atoms with van der Waals surface area (Å²) in [6.45, 7) is 1.97. The van der Waals surface area contributed by atoms with Crippen LogP contribution in [0.1, 0.15) is 23.4 Å². The van der Waals surface area contributed by atoms with Crippen LogP contribution in [-0.4, -0.2) is 14.6 Å². The Balaban J connectivity index is 2.09. The standard InChI is InChI=1S/C16H15ClN4/c1-9-14(10-5-2-3-7-12(10)17)16-19-13-8-4-6-11(13)15(18)21(16)20-9/h2-3,5,7H,4,6,8,18H2,1H3. The molecule has 0 radical (unpaired) electrons. The van der Waals surface area contributed by atoms with Gasteiger partial charge in [-0.1, -0.05) is 29.8 Å². The third kappa shape index (κ3) is 1.75. The summed E-state index contributed by atoms with van der Waals surface area (Å²) in [5, 5.41) is 5.28. The van der Waals surface area contributed by atoms with Crippen LogP contribution in [0.3, 0.4) is 0 Å². The number of rotatable bonds is 1. The predicted octanol–water partition coefficient (Wildman–Crippen LogP) is 3.43. The Labute approximate surface area is 127 Å². The fraction of sp³-hybridized carbons (Fsp3) is 0.250. The number of nitrogen functional groups attached to an aromatic ring is 1. The number of nitrogens with zero attached hydrogens (tertiary/aromatic N) is 3. The minimum absolute atomic E-state index is 0.705. The topological polar surface area (TPSA) is 56.2 Å². The molecule has 2 N–H and O–H groups in total. The second-order valence-electron chi connectivity index (χ2n) is 5.45. The van der Waals surface area contributed by atoms with Crippen LogP contribution in [0.4, 0.5) is 5.82 Å². The maximum absolute atomic E-state index is 6.35. The smallest absolute Gasteiger partial charge is 0.165 e. The van der Waals surface area contributed by atoms with E-state index in [1.807, 2.05) is 31.2 Å². The van der Waals surface area contributed by atoms with Crippen LogP contribution >= 0.6 is 11.6 Å². The molecule has 5 heteroatoms. The minimum Gasteiger partial charge on any atom is -0.383 e. The van der Waals surface area contributed by atoms with Crippen molar-refractivity contribution in [2.45, 2.75) is 26.2 Å². The lowest BCUT2D eigenvalue weighted by atomic mass is 10.1. The summed E-state index contributed by atoms with van der Waals surface area (Å²) >= 11 is 6.35. The fourth-order valence-electron chi connectivity index (χ4n) is 3.15. The molecule has 4 nitrogen and oxygen atoms in total. The molecule has 0 saturated carbocycles. The molecule has 2 aromatic heterocycles. The van der Waals surface area contributed by atoms with Gasteiger partial charge in [0.15, 0.2) is 5.65 Å². The number of halogens is 1. The number of nitrogens with two attached hydrogens (primary N) is 1. The molecule has 0 amide bonds. The van der Waals surface area contributed by atoms with Gasteiger partial charge in [0.05, 0.1) is 11.3 Å². The van der Waals surface area contributed by atoms with Gasteiger partial charge in [-0.15, -0.1) is 0 Å². The third-order valence-corrected chi connectivity index (χ3v) is 4.48. The van der Waals surface area contributed by atoms with E-state index in [0.717, 1.165) is 53.0 Å². The average molecular weight is 299 g/mol. The maximum atomic E-state index is 6.35. The average Bonchev–Trinajstić information content (AvgIpc) is 3.05. The van der Waals surface area contributed by atoms with Crippen molar-refractivity contribution in [3.05, 3.63) is 46.2 Å². The minimum atomic E-state index is 0.705. The molecule has 0 bridgehead atoms. The molecule has 0 fully saturated rings. The molecule has 1 aliphatic rings. The van der Waals surface area contributed by atoms with Crippen LogP contribution < -0.4 is 5.73 Å². The molecule has 2 heterocycles. The largest absolute Gasteiger partial charge is 0.383 e. The van der Waals surface area contributed by atoms with Gasteiger partial charge in [0.1, 0.15) is 5.82 Å². The van der Waals surface area contributed by atoms with Gasteiger partial charge in [0.2, 0.25) is 0 Å². The number of hydrogen-bond donors (Lipinski definition) is 1. The molecule has 0 saturated heterocycles. The zero-order valence-electron chi connectivity index (χ0n) is 11.7. The van der Waals surface area contributed by atoms with Gasteiger partial charge in [-0.2, -0.15) is 9.61 Å². The first-order chi connectivity index (χ1) is 10.2. The van der Waals surface area contributed by atoms with Crippen molar-refractivity contribution >= 4 is 23.1 Å². The Morgan fingerprint density at radius 2 is 2.05 bits per heavy atom. The molecule has 3 aromatic rings. The molecule has 0 aliphatic heterocycles. The Morgan fingerprint density at radius 1 is 1.24 bits per heavy atom. The van der Waals surface area contributed by atoms with Crippen molar-refractivity contribution in [2.24, 2.45) is 0 Å². The number of anilines is 1. The third-order valence-electron chi connectivity index (χ3n) is 4.15. The molecular formula is C16H15ClN4. The van der Waals surface area contributed by atoms with Gasteiger partial charge < -0.3 is 5.73 Å². The highest BCUT2D eigenvalue weighted by atomic mass is 35.5. The van der Waals surface area contributed by atoms with E-state index in [1.54, 1.807) is 4.52 Å². The SMILES string of the molecule is Cc1nn2c(N)c3c(nc2c1-c1ccccc1Cl)CCC3. The highest BCUT2D eigenvalue weighted by Crippen LogP contribution is 2.35. The van der Waals surface area contributed by atoms with E-state index >= 15 is 0 Å². The predicted molar refractivity (Wildman–Crippen MR) is 84.6 cm³/mol. The van der Waals surface area contributed by atoms with Crippen molar-refractivity contribution in [1.82, 2.24) is 14.6 Å². The second-order valence-corrected chi connectivity index (χ2v) is 5.86. The first kappa shape index (κ1) is 12.7. The quantitative estimate of drug-likeness (QED) is 0.749. The molecule has 0 spiro atoms. The summed E-state index contributed by atoms with van der Waals surface area (Å²) in [5.74, 6) is 0.717. The first-order valence-corrected chi connectivity index (χ1v) is 7.46. The van der Waals surface area contributed by atoms with Crippen molar-refractivity contribution in [1.29, 1.82) is 0 Å². The summed E-state index contributed by atoms with van der Waals surface area (Å²) in [5.41, 5.74) is 12.2. The second kappa shape index (κ2) is 4.46. The number of aromatic nitrogens is 3. The van der Waals surface area contributed by atoms with Crippen LogP contribution in [0, 0.1) is 6.92 Å². The fourth-order valence-corrected chi connectivity index (χ4v) is 3.38. The zero-order chi connectivity index (χ0) is 14.6. The van der Waals surface area contributed by atoms with Gasteiger partial charge in [0, 0.05) is 21.8 Å². The van der Waals surface area contributed by atoms with E-state index in [4.69, 9.17) is 22.3 Å².